The van der Waals surface area contributed by atoms with Gasteiger partial charge in [0.25, 0.3) is 0 Å². The average Bonchev–Trinajstić information content (AvgIpc) is 3.27. The van der Waals surface area contributed by atoms with E-state index < -0.39 is 48.4 Å². The molecular weight excluding hydrogens is 568 g/mol. The van der Waals surface area contributed by atoms with Crippen LogP contribution >= 0.6 is 0 Å². The van der Waals surface area contributed by atoms with Crippen molar-refractivity contribution < 1.29 is 59.8 Å². The molecule has 4 aromatic rings. The quantitative estimate of drug-likeness (QED) is 0.152. The fourth-order valence-electron chi connectivity index (χ4n) is 5.62. The number of carbonyl (C=O) groups is 4. The normalized spacial score (nSPS) is 20.1. The molecule has 0 spiro atoms. The minimum atomic E-state index is -1.10. The molecule has 222 valence electrons. The Kier molecular flexibility index (Phi) is 8.74. The van der Waals surface area contributed by atoms with E-state index in [1.165, 1.54) is 27.7 Å². The molecular formula is C30H31ClN2O9. The number of fused-ring (bicyclic) bond motifs is 4. The molecule has 3 heterocycles. The smallest absolute Gasteiger partial charge is 0.308 e. The van der Waals surface area contributed by atoms with Crippen molar-refractivity contribution in [2.24, 2.45) is 0 Å². The fraction of sp³-hybridized carbons (Fsp3) is 0.367. The first-order chi connectivity index (χ1) is 19.4. The third-order valence-corrected chi connectivity index (χ3v) is 7.19. The van der Waals surface area contributed by atoms with E-state index in [4.69, 9.17) is 23.7 Å². The lowest BCUT2D eigenvalue weighted by Crippen LogP contribution is -3.00. The van der Waals surface area contributed by atoms with Crippen LogP contribution in [-0.4, -0.2) is 53.8 Å². The van der Waals surface area contributed by atoms with Crippen LogP contribution in [0.3, 0.4) is 0 Å². The Morgan fingerprint density at radius 3 is 2.14 bits per heavy atom. The third kappa shape index (κ3) is 5.75. The van der Waals surface area contributed by atoms with Gasteiger partial charge < -0.3 is 41.1 Å². The highest BCUT2D eigenvalue weighted by atomic mass is 35.5. The number of hydrogen-bond acceptors (Lipinski definition) is 9. The van der Waals surface area contributed by atoms with E-state index in [1.807, 2.05) is 38.2 Å². The van der Waals surface area contributed by atoms with Crippen molar-refractivity contribution in [3.8, 4) is 5.75 Å². The number of aromatic amines is 1. The molecule has 0 saturated carbocycles. The summed E-state index contributed by atoms with van der Waals surface area (Å²) < 4.78 is 29.6. The van der Waals surface area contributed by atoms with Crippen LogP contribution in [0.2, 0.25) is 0 Å². The first kappa shape index (κ1) is 30.7. The molecule has 1 N–H and O–H groups in total. The maximum atomic E-state index is 12.1. The summed E-state index contributed by atoms with van der Waals surface area (Å²) in [6.07, 6.45) is -0.320. The molecule has 0 bridgehead atoms. The molecule has 0 unspecified atom stereocenters. The summed E-state index contributed by atoms with van der Waals surface area (Å²) >= 11 is 0. The van der Waals surface area contributed by atoms with E-state index in [9.17, 15) is 19.2 Å². The predicted molar refractivity (Wildman–Crippen MR) is 146 cm³/mol. The van der Waals surface area contributed by atoms with Crippen molar-refractivity contribution in [1.29, 1.82) is 0 Å². The first-order valence-corrected chi connectivity index (χ1v) is 13.2. The monoisotopic (exact) mass is 598 g/mol. The van der Waals surface area contributed by atoms with Gasteiger partial charge in [-0.15, -0.1) is 0 Å². The number of nitrogens with zero attached hydrogens (tertiary/aromatic N) is 1. The number of halogens is 1. The van der Waals surface area contributed by atoms with Crippen LogP contribution in [0.25, 0.3) is 32.6 Å². The molecule has 4 atom stereocenters. The SMILES string of the molecule is CC(=O)Oc1ccc2[nH]c3c(C)c4cc[n+]([C@H]5OC[C@@H](OC(C)=O)[C@H](OC(C)=O)[C@@H]5OC(C)=O)cc4c(C)c3c2c1.[Cl-]. The molecule has 0 aliphatic carbocycles. The minimum absolute atomic E-state index is 0. The maximum absolute atomic E-state index is 12.1. The van der Waals surface area contributed by atoms with E-state index in [0.29, 0.717) is 5.75 Å². The molecule has 5 rings (SSSR count). The molecule has 1 aliphatic rings. The molecule has 2 aromatic carbocycles. The molecule has 0 amide bonds. The van der Waals surface area contributed by atoms with Gasteiger partial charge in [-0.25, -0.2) is 0 Å². The number of aryl methyl sites for hydroxylation is 2. The van der Waals surface area contributed by atoms with Gasteiger partial charge in [-0.3, -0.25) is 19.2 Å². The summed E-state index contributed by atoms with van der Waals surface area (Å²) in [6.45, 7) is 9.02. The Bertz CT molecular complexity index is 1730. The average molecular weight is 599 g/mol. The Hall–Kier alpha value is -4.22. The van der Waals surface area contributed by atoms with E-state index in [-0.39, 0.29) is 19.0 Å². The number of rotatable bonds is 5. The molecule has 11 nitrogen and oxygen atoms in total. The van der Waals surface area contributed by atoms with Crippen LogP contribution in [0.15, 0.2) is 36.7 Å². The molecule has 2 aromatic heterocycles. The van der Waals surface area contributed by atoms with Crippen molar-refractivity contribution >= 4 is 56.5 Å². The topological polar surface area (TPSA) is 134 Å². The Morgan fingerprint density at radius 1 is 0.833 bits per heavy atom. The standard InChI is InChI=1S/C30H30N2O9.ClH/c1-14-23-12-32(30-29(41-19(6)36)28(40-18(5)35)25(13-37-30)39-17(4)34)10-9-21(23)15(2)27-26(14)22-11-20(38-16(3)33)7-8-24(22)31-27;/h7-12,25,28-30H,13H2,1-6H3;1H/t25-,28+,29+,30+;/m1./s1. The number of benzene rings is 2. The second kappa shape index (κ2) is 11.9. The van der Waals surface area contributed by atoms with Crippen molar-refractivity contribution in [3.05, 3.63) is 47.8 Å². The molecule has 1 fully saturated rings. The number of nitrogens with one attached hydrogen (secondary N) is 1. The Labute approximate surface area is 247 Å². The van der Waals surface area contributed by atoms with E-state index in [0.717, 1.165) is 43.7 Å². The number of pyridine rings is 1. The van der Waals surface area contributed by atoms with Crippen molar-refractivity contribution in [2.45, 2.75) is 66.1 Å². The molecule has 1 saturated heterocycles. The fourth-order valence-corrected chi connectivity index (χ4v) is 5.62. The number of carbonyl (C=O) groups excluding carboxylic acids is 4. The summed E-state index contributed by atoms with van der Waals surface area (Å²) in [7, 11) is 0. The molecule has 0 radical (unpaired) electrons. The van der Waals surface area contributed by atoms with Gasteiger partial charge in [-0.05, 0) is 48.6 Å². The zero-order valence-electron chi connectivity index (χ0n) is 24.0. The van der Waals surface area contributed by atoms with Crippen LogP contribution < -0.4 is 21.7 Å². The lowest BCUT2D eigenvalue weighted by Gasteiger charge is -2.37. The second-order valence-electron chi connectivity index (χ2n) is 10.2. The van der Waals surface area contributed by atoms with Crippen molar-refractivity contribution in [3.63, 3.8) is 0 Å². The van der Waals surface area contributed by atoms with Crippen LogP contribution in [0.1, 0.15) is 45.0 Å². The predicted octanol–water partition coefficient (Wildman–Crippen LogP) is 0.632. The highest BCUT2D eigenvalue weighted by Gasteiger charge is 2.51. The van der Waals surface area contributed by atoms with Crippen molar-refractivity contribution in [1.82, 2.24) is 4.98 Å². The number of hydrogen-bond donors (Lipinski definition) is 1. The summed E-state index contributed by atoms with van der Waals surface area (Å²) in [5, 5.41) is 3.79. The van der Waals surface area contributed by atoms with E-state index in [2.05, 4.69) is 4.98 Å². The maximum Gasteiger partial charge on any atom is 0.308 e. The van der Waals surface area contributed by atoms with Crippen molar-refractivity contribution in [2.75, 3.05) is 6.61 Å². The Morgan fingerprint density at radius 2 is 1.50 bits per heavy atom. The zero-order valence-corrected chi connectivity index (χ0v) is 24.7. The van der Waals surface area contributed by atoms with Crippen LogP contribution in [0.4, 0.5) is 0 Å². The van der Waals surface area contributed by atoms with Gasteiger partial charge in [0.1, 0.15) is 5.75 Å². The van der Waals surface area contributed by atoms with E-state index >= 15 is 0 Å². The number of esters is 4. The summed E-state index contributed by atoms with van der Waals surface area (Å²) in [5.41, 5.74) is 3.85. The molecule has 1 aliphatic heterocycles. The van der Waals surface area contributed by atoms with Crippen LogP contribution in [0, 0.1) is 13.8 Å². The lowest BCUT2D eigenvalue weighted by atomic mass is 9.96. The number of ether oxygens (including phenoxy) is 5. The largest absolute Gasteiger partial charge is 1.00 e. The zero-order chi connectivity index (χ0) is 29.6. The summed E-state index contributed by atoms with van der Waals surface area (Å²) in [6, 6.07) is 7.41. The van der Waals surface area contributed by atoms with Crippen LogP contribution in [-0.2, 0) is 38.1 Å². The van der Waals surface area contributed by atoms with Gasteiger partial charge in [0.15, 0.2) is 24.6 Å². The molecule has 42 heavy (non-hydrogen) atoms. The highest BCUT2D eigenvalue weighted by Crippen LogP contribution is 2.38. The number of aromatic nitrogens is 2. The van der Waals surface area contributed by atoms with Gasteiger partial charge in [0, 0.05) is 55.4 Å². The number of H-pyrrole nitrogens is 1. The first-order valence-electron chi connectivity index (χ1n) is 13.2. The summed E-state index contributed by atoms with van der Waals surface area (Å²) in [4.78, 5) is 50.9. The van der Waals surface area contributed by atoms with Gasteiger partial charge in [0.2, 0.25) is 6.10 Å². The third-order valence-electron chi connectivity index (χ3n) is 7.19. The highest BCUT2D eigenvalue weighted by molar-refractivity contribution is 6.16. The van der Waals surface area contributed by atoms with Gasteiger partial charge in [0.05, 0.1) is 12.1 Å². The van der Waals surface area contributed by atoms with Gasteiger partial charge in [-0.1, -0.05) is 0 Å². The second-order valence-corrected chi connectivity index (χ2v) is 10.2. The van der Waals surface area contributed by atoms with E-state index in [1.54, 1.807) is 16.8 Å². The van der Waals surface area contributed by atoms with Crippen LogP contribution in [0.5, 0.6) is 5.75 Å². The Balaban J connectivity index is 0.00000405. The lowest BCUT2D eigenvalue weighted by molar-refractivity contribution is -0.773. The molecule has 12 heteroatoms. The van der Waals surface area contributed by atoms with Gasteiger partial charge >= 0.3 is 30.1 Å². The summed E-state index contributed by atoms with van der Waals surface area (Å²) in [5.74, 6) is -1.76. The minimum Gasteiger partial charge on any atom is -1.00 e. The van der Waals surface area contributed by atoms with Gasteiger partial charge in [-0.2, -0.15) is 4.57 Å².